The summed E-state index contributed by atoms with van der Waals surface area (Å²) in [6.45, 7) is 4.84. The number of fused-ring (bicyclic) bond motifs is 1. The molecule has 8 heteroatoms. The number of allylic oxidation sites excluding steroid dienone is 1. The van der Waals surface area contributed by atoms with E-state index in [9.17, 15) is 15.4 Å². The van der Waals surface area contributed by atoms with Gasteiger partial charge in [0, 0.05) is 12.6 Å². The van der Waals surface area contributed by atoms with E-state index in [2.05, 4.69) is 11.1 Å². The monoisotopic (exact) mass is 406 g/mol. The van der Waals surface area contributed by atoms with Crippen LogP contribution in [-0.2, 0) is 6.54 Å². The Morgan fingerprint density at radius 2 is 2.10 bits per heavy atom. The summed E-state index contributed by atoms with van der Waals surface area (Å²) < 4.78 is 12.8. The van der Waals surface area contributed by atoms with Crippen molar-refractivity contribution in [2.24, 2.45) is 0 Å². The third-order valence-corrected chi connectivity index (χ3v) is 4.57. The SMILES string of the molecule is CCCOc1c(OC)cc(/C=C(/C#N)c2nc3ccccc3n2CC)cc1[N+](=O)[O-]. The van der Waals surface area contributed by atoms with Gasteiger partial charge >= 0.3 is 5.69 Å². The van der Waals surface area contributed by atoms with Crippen molar-refractivity contribution in [2.45, 2.75) is 26.8 Å². The van der Waals surface area contributed by atoms with E-state index >= 15 is 0 Å². The van der Waals surface area contributed by atoms with Crippen molar-refractivity contribution < 1.29 is 14.4 Å². The summed E-state index contributed by atoms with van der Waals surface area (Å²) in [4.78, 5) is 15.7. The maximum atomic E-state index is 11.6. The number of para-hydroxylation sites is 2. The van der Waals surface area contributed by atoms with Gasteiger partial charge in [-0.1, -0.05) is 19.1 Å². The van der Waals surface area contributed by atoms with E-state index in [-0.39, 0.29) is 17.2 Å². The highest BCUT2D eigenvalue weighted by Gasteiger charge is 2.22. The molecule has 1 heterocycles. The number of nitro groups is 1. The average molecular weight is 406 g/mol. The molecule has 0 fully saturated rings. The Balaban J connectivity index is 2.16. The van der Waals surface area contributed by atoms with Crippen LogP contribution in [0.15, 0.2) is 36.4 Å². The van der Waals surface area contributed by atoms with Crippen molar-refractivity contribution in [1.82, 2.24) is 9.55 Å². The van der Waals surface area contributed by atoms with E-state index in [0.29, 0.717) is 36.5 Å². The third-order valence-electron chi connectivity index (χ3n) is 4.57. The zero-order chi connectivity index (χ0) is 21.7. The van der Waals surface area contributed by atoms with Gasteiger partial charge in [0.15, 0.2) is 11.6 Å². The van der Waals surface area contributed by atoms with E-state index < -0.39 is 4.92 Å². The van der Waals surface area contributed by atoms with Gasteiger partial charge in [-0.05, 0) is 43.2 Å². The van der Waals surface area contributed by atoms with Crippen LogP contribution in [0.4, 0.5) is 5.69 Å². The maximum Gasteiger partial charge on any atom is 0.315 e. The topological polar surface area (TPSA) is 103 Å². The Bertz CT molecular complexity index is 1160. The predicted molar refractivity (Wildman–Crippen MR) is 114 cm³/mol. The van der Waals surface area contributed by atoms with Crippen LogP contribution in [0, 0.1) is 21.4 Å². The molecule has 0 amide bonds. The number of hydrogen-bond donors (Lipinski definition) is 0. The highest BCUT2D eigenvalue weighted by atomic mass is 16.6. The van der Waals surface area contributed by atoms with Crippen molar-refractivity contribution in [3.8, 4) is 17.6 Å². The first kappa shape index (κ1) is 20.9. The smallest absolute Gasteiger partial charge is 0.315 e. The van der Waals surface area contributed by atoms with Crippen molar-refractivity contribution >= 4 is 28.4 Å². The predicted octanol–water partition coefficient (Wildman–Crippen LogP) is 4.83. The van der Waals surface area contributed by atoms with Crippen LogP contribution in [0.25, 0.3) is 22.7 Å². The minimum absolute atomic E-state index is 0.0841. The molecule has 0 aliphatic heterocycles. The van der Waals surface area contributed by atoms with E-state index in [4.69, 9.17) is 9.47 Å². The molecular formula is C22H22N4O4. The molecule has 0 aliphatic rings. The molecule has 0 bridgehead atoms. The number of hydrogen-bond acceptors (Lipinski definition) is 6. The van der Waals surface area contributed by atoms with Gasteiger partial charge < -0.3 is 14.0 Å². The normalized spacial score (nSPS) is 11.3. The number of imidazole rings is 1. The van der Waals surface area contributed by atoms with E-state index in [1.54, 1.807) is 12.1 Å². The second-order valence-corrected chi connectivity index (χ2v) is 6.52. The van der Waals surface area contributed by atoms with Crippen LogP contribution in [0.5, 0.6) is 11.5 Å². The first-order valence-corrected chi connectivity index (χ1v) is 9.60. The summed E-state index contributed by atoms with van der Waals surface area (Å²) in [7, 11) is 1.42. The summed E-state index contributed by atoms with van der Waals surface area (Å²) in [5.41, 5.74) is 2.24. The summed E-state index contributed by atoms with van der Waals surface area (Å²) in [6, 6.07) is 12.8. The fourth-order valence-corrected chi connectivity index (χ4v) is 3.24. The number of methoxy groups -OCH3 is 1. The van der Waals surface area contributed by atoms with Crippen molar-refractivity contribution in [2.75, 3.05) is 13.7 Å². The van der Waals surface area contributed by atoms with Crippen LogP contribution < -0.4 is 9.47 Å². The largest absolute Gasteiger partial charge is 0.493 e. The second-order valence-electron chi connectivity index (χ2n) is 6.52. The molecule has 30 heavy (non-hydrogen) atoms. The van der Waals surface area contributed by atoms with Crippen molar-refractivity contribution in [3.05, 3.63) is 57.9 Å². The van der Waals surface area contributed by atoms with Gasteiger partial charge in [-0.25, -0.2) is 4.98 Å². The van der Waals surface area contributed by atoms with E-state index in [1.165, 1.54) is 13.2 Å². The molecule has 154 valence electrons. The Morgan fingerprint density at radius 3 is 2.73 bits per heavy atom. The zero-order valence-corrected chi connectivity index (χ0v) is 17.1. The van der Waals surface area contributed by atoms with Crippen molar-refractivity contribution in [3.63, 3.8) is 0 Å². The number of benzene rings is 2. The van der Waals surface area contributed by atoms with Crippen LogP contribution >= 0.6 is 0 Å². The molecule has 2 aromatic carbocycles. The molecular weight excluding hydrogens is 384 g/mol. The Labute approximate surface area is 174 Å². The number of rotatable bonds is 8. The van der Waals surface area contributed by atoms with E-state index in [0.717, 1.165) is 11.0 Å². The van der Waals surface area contributed by atoms with Gasteiger partial charge in [0.1, 0.15) is 6.07 Å². The Hall–Kier alpha value is -3.86. The molecule has 8 nitrogen and oxygen atoms in total. The molecule has 3 aromatic rings. The van der Waals surface area contributed by atoms with Crippen LogP contribution in [0.3, 0.4) is 0 Å². The van der Waals surface area contributed by atoms with Crippen LogP contribution in [0.1, 0.15) is 31.7 Å². The minimum Gasteiger partial charge on any atom is -0.493 e. The maximum absolute atomic E-state index is 11.6. The highest BCUT2D eigenvalue weighted by molar-refractivity contribution is 5.91. The number of ether oxygens (including phenoxy) is 2. The summed E-state index contributed by atoms with van der Waals surface area (Å²) in [6.07, 6.45) is 2.28. The van der Waals surface area contributed by atoms with Gasteiger partial charge in [0.2, 0.25) is 5.75 Å². The lowest BCUT2D eigenvalue weighted by Gasteiger charge is -2.11. The molecule has 0 aliphatic carbocycles. The molecule has 1 aromatic heterocycles. The summed E-state index contributed by atoms with van der Waals surface area (Å²) in [5.74, 6) is 0.833. The Kier molecular flexibility index (Phi) is 6.32. The number of nitriles is 1. The number of nitrogens with zero attached hydrogens (tertiary/aromatic N) is 4. The first-order chi connectivity index (χ1) is 14.5. The number of aryl methyl sites for hydroxylation is 1. The quantitative estimate of drug-likeness (QED) is 0.302. The van der Waals surface area contributed by atoms with E-state index in [1.807, 2.05) is 42.7 Å². The van der Waals surface area contributed by atoms with Crippen LogP contribution in [-0.4, -0.2) is 28.2 Å². The molecule has 0 spiro atoms. The lowest BCUT2D eigenvalue weighted by Crippen LogP contribution is -2.03. The molecule has 0 N–H and O–H groups in total. The fraction of sp³-hybridized carbons (Fsp3) is 0.273. The molecule has 3 rings (SSSR count). The fourth-order valence-electron chi connectivity index (χ4n) is 3.24. The molecule has 0 radical (unpaired) electrons. The minimum atomic E-state index is -0.516. The third kappa shape index (κ3) is 3.96. The summed E-state index contributed by atoms with van der Waals surface area (Å²) in [5, 5.41) is 21.4. The number of nitro benzene ring substituents is 1. The van der Waals surface area contributed by atoms with Crippen LogP contribution in [0.2, 0.25) is 0 Å². The molecule has 0 unspecified atom stereocenters. The first-order valence-electron chi connectivity index (χ1n) is 9.60. The van der Waals surface area contributed by atoms with Gasteiger partial charge in [0.25, 0.3) is 0 Å². The lowest BCUT2D eigenvalue weighted by molar-refractivity contribution is -0.386. The number of aromatic nitrogens is 2. The van der Waals surface area contributed by atoms with Gasteiger partial charge in [-0.3, -0.25) is 10.1 Å². The molecule has 0 atom stereocenters. The summed E-state index contributed by atoms with van der Waals surface area (Å²) >= 11 is 0. The zero-order valence-electron chi connectivity index (χ0n) is 17.1. The lowest BCUT2D eigenvalue weighted by atomic mass is 10.1. The molecule has 0 saturated carbocycles. The van der Waals surface area contributed by atoms with Gasteiger partial charge in [0.05, 0.1) is 35.2 Å². The standard InChI is InChI=1S/C22H22N4O4/c1-4-10-30-21-19(26(27)28)12-15(13-20(21)29-3)11-16(14-23)22-24-17-8-6-7-9-18(17)25(22)5-2/h6-9,11-13H,4-5,10H2,1-3H3/b16-11-. The Morgan fingerprint density at radius 1 is 1.33 bits per heavy atom. The van der Waals surface area contributed by atoms with Gasteiger partial charge in [-0.15, -0.1) is 0 Å². The second kappa shape index (κ2) is 9.09. The van der Waals surface area contributed by atoms with Gasteiger partial charge in [-0.2, -0.15) is 5.26 Å². The highest BCUT2D eigenvalue weighted by Crippen LogP contribution is 2.39. The average Bonchev–Trinajstić information content (AvgIpc) is 3.14. The van der Waals surface area contributed by atoms with Crippen molar-refractivity contribution in [1.29, 1.82) is 5.26 Å². The molecule has 0 saturated heterocycles.